The predicted molar refractivity (Wildman–Crippen MR) is 81.3 cm³/mol. The fourth-order valence-corrected chi connectivity index (χ4v) is 3.88. The van der Waals surface area contributed by atoms with Crippen molar-refractivity contribution in [1.29, 1.82) is 0 Å². The zero-order valence-electron chi connectivity index (χ0n) is 10.9. The van der Waals surface area contributed by atoms with E-state index in [0.29, 0.717) is 12.6 Å². The Bertz CT molecular complexity index is 462. The molecule has 0 aliphatic carbocycles. The van der Waals surface area contributed by atoms with Crippen molar-refractivity contribution in [2.45, 2.75) is 26.4 Å². The average Bonchev–Trinajstić information content (AvgIpc) is 3.01. The van der Waals surface area contributed by atoms with Crippen molar-refractivity contribution in [2.75, 3.05) is 13.1 Å². The Hall–Kier alpha value is -0.680. The van der Waals surface area contributed by atoms with Crippen molar-refractivity contribution in [3.05, 3.63) is 44.3 Å². The summed E-state index contributed by atoms with van der Waals surface area (Å²) in [6, 6.07) is 9.05. The zero-order valence-corrected chi connectivity index (χ0v) is 12.6. The van der Waals surface area contributed by atoms with Crippen LogP contribution in [-0.2, 0) is 6.54 Å². The van der Waals surface area contributed by atoms with Crippen LogP contribution in [0.25, 0.3) is 0 Å². The molecule has 4 heteroatoms. The van der Waals surface area contributed by atoms with E-state index in [0.717, 1.165) is 13.1 Å². The van der Waals surface area contributed by atoms with Crippen LogP contribution in [0.3, 0.4) is 0 Å². The van der Waals surface area contributed by atoms with Gasteiger partial charge < -0.3 is 5.73 Å². The molecule has 0 aromatic carbocycles. The number of nitrogens with zero attached hydrogens (tertiary/aromatic N) is 1. The molecule has 2 aromatic heterocycles. The highest BCUT2D eigenvalue weighted by Gasteiger charge is 2.19. The summed E-state index contributed by atoms with van der Waals surface area (Å²) < 4.78 is 0. The summed E-state index contributed by atoms with van der Waals surface area (Å²) in [5.74, 6) is 0. The number of nitrogens with two attached hydrogens (primary N) is 1. The number of hydrogen-bond acceptors (Lipinski definition) is 4. The van der Waals surface area contributed by atoms with E-state index in [9.17, 15) is 0 Å². The molecule has 2 N–H and O–H groups in total. The van der Waals surface area contributed by atoms with Crippen LogP contribution in [-0.4, -0.2) is 18.0 Å². The summed E-state index contributed by atoms with van der Waals surface area (Å²) in [6.45, 7) is 7.05. The maximum Gasteiger partial charge on any atom is 0.0567 e. The molecule has 0 radical (unpaired) electrons. The minimum atomic E-state index is 0.343. The lowest BCUT2D eigenvalue weighted by molar-refractivity contribution is 0.208. The monoisotopic (exact) mass is 280 g/mol. The van der Waals surface area contributed by atoms with Gasteiger partial charge in [-0.05, 0) is 37.0 Å². The van der Waals surface area contributed by atoms with E-state index in [1.54, 1.807) is 0 Å². The summed E-state index contributed by atoms with van der Waals surface area (Å²) in [6.07, 6.45) is 0. The van der Waals surface area contributed by atoms with Gasteiger partial charge in [0, 0.05) is 27.7 Å². The number of likely N-dealkylation sites (N-methyl/N-ethyl adjacent to an activating group) is 1. The molecule has 0 aliphatic heterocycles. The van der Waals surface area contributed by atoms with Gasteiger partial charge in [-0.25, -0.2) is 0 Å². The smallest absolute Gasteiger partial charge is 0.0567 e. The van der Waals surface area contributed by atoms with Crippen LogP contribution in [0.4, 0.5) is 0 Å². The van der Waals surface area contributed by atoms with Crippen LogP contribution >= 0.6 is 22.7 Å². The van der Waals surface area contributed by atoms with Crippen molar-refractivity contribution in [2.24, 2.45) is 5.73 Å². The molecular weight excluding hydrogens is 260 g/mol. The lowest BCUT2D eigenvalue weighted by Crippen LogP contribution is -2.32. The van der Waals surface area contributed by atoms with E-state index in [1.165, 1.54) is 14.6 Å². The quantitative estimate of drug-likeness (QED) is 0.875. The highest BCUT2D eigenvalue weighted by molar-refractivity contribution is 7.12. The molecule has 2 heterocycles. The maximum absolute atomic E-state index is 5.99. The van der Waals surface area contributed by atoms with Gasteiger partial charge in [-0.1, -0.05) is 13.0 Å². The molecular formula is C14H20N2S2. The first-order valence-electron chi connectivity index (χ1n) is 6.27. The van der Waals surface area contributed by atoms with Gasteiger partial charge in [0.1, 0.15) is 0 Å². The minimum absolute atomic E-state index is 0.343. The summed E-state index contributed by atoms with van der Waals surface area (Å²) in [4.78, 5) is 6.60. The third kappa shape index (κ3) is 3.20. The second-order valence-electron chi connectivity index (χ2n) is 4.34. The van der Waals surface area contributed by atoms with E-state index in [4.69, 9.17) is 5.73 Å². The fraction of sp³-hybridized carbons (Fsp3) is 0.429. The van der Waals surface area contributed by atoms with Gasteiger partial charge in [0.15, 0.2) is 0 Å². The Morgan fingerprint density at radius 1 is 1.33 bits per heavy atom. The fourth-order valence-electron chi connectivity index (χ4n) is 2.12. The van der Waals surface area contributed by atoms with Gasteiger partial charge >= 0.3 is 0 Å². The first-order valence-corrected chi connectivity index (χ1v) is 7.97. The van der Waals surface area contributed by atoms with Crippen molar-refractivity contribution in [3.63, 3.8) is 0 Å². The highest BCUT2D eigenvalue weighted by atomic mass is 32.1. The van der Waals surface area contributed by atoms with Gasteiger partial charge in [-0.3, -0.25) is 4.90 Å². The molecule has 2 aromatic rings. The molecule has 0 saturated heterocycles. The van der Waals surface area contributed by atoms with Crippen molar-refractivity contribution >= 4 is 22.7 Å². The van der Waals surface area contributed by atoms with Crippen LogP contribution in [0.1, 0.15) is 27.6 Å². The molecule has 2 nitrogen and oxygen atoms in total. The average molecular weight is 280 g/mol. The van der Waals surface area contributed by atoms with Crippen LogP contribution in [0.15, 0.2) is 29.6 Å². The SMILES string of the molecule is CCN(Cc1cccs1)C(CN)c1ccc(C)s1. The largest absolute Gasteiger partial charge is 0.329 e. The lowest BCUT2D eigenvalue weighted by Gasteiger charge is -2.28. The third-order valence-corrected chi connectivity index (χ3v) is 5.06. The summed E-state index contributed by atoms with van der Waals surface area (Å²) in [7, 11) is 0. The molecule has 0 fully saturated rings. The summed E-state index contributed by atoms with van der Waals surface area (Å²) in [5, 5.41) is 2.13. The highest BCUT2D eigenvalue weighted by Crippen LogP contribution is 2.28. The first kappa shape index (κ1) is 13.7. The molecule has 0 bridgehead atoms. The van der Waals surface area contributed by atoms with Gasteiger partial charge in [-0.2, -0.15) is 0 Å². The van der Waals surface area contributed by atoms with Crippen LogP contribution in [0.5, 0.6) is 0 Å². The normalized spacial score (nSPS) is 13.1. The van der Waals surface area contributed by atoms with E-state index in [2.05, 4.69) is 48.4 Å². The Morgan fingerprint density at radius 3 is 2.67 bits per heavy atom. The Kier molecular flexibility index (Phi) is 4.95. The number of aryl methyl sites for hydroxylation is 1. The van der Waals surface area contributed by atoms with Crippen molar-refractivity contribution in [3.8, 4) is 0 Å². The molecule has 0 spiro atoms. The van der Waals surface area contributed by atoms with Crippen molar-refractivity contribution in [1.82, 2.24) is 4.90 Å². The molecule has 0 aliphatic rings. The first-order chi connectivity index (χ1) is 8.74. The van der Waals surface area contributed by atoms with Crippen LogP contribution in [0.2, 0.25) is 0 Å². The van der Waals surface area contributed by atoms with E-state index in [-0.39, 0.29) is 0 Å². The predicted octanol–water partition coefficient (Wildman–Crippen LogP) is 3.64. The second-order valence-corrected chi connectivity index (χ2v) is 6.69. The van der Waals surface area contributed by atoms with E-state index in [1.807, 2.05) is 22.7 Å². The van der Waals surface area contributed by atoms with Gasteiger partial charge in [0.05, 0.1) is 6.04 Å². The Labute approximate surface area is 117 Å². The molecule has 0 saturated carbocycles. The Morgan fingerprint density at radius 2 is 2.17 bits per heavy atom. The van der Waals surface area contributed by atoms with E-state index < -0.39 is 0 Å². The standard InChI is InChI=1S/C14H20N2S2/c1-3-16(10-12-5-4-8-17-12)13(9-15)14-7-6-11(2)18-14/h4-8,13H,3,9-10,15H2,1-2H3. The molecule has 1 atom stereocenters. The van der Waals surface area contributed by atoms with Gasteiger partial charge in [0.25, 0.3) is 0 Å². The summed E-state index contributed by atoms with van der Waals surface area (Å²) >= 11 is 3.67. The molecule has 2 rings (SSSR count). The topological polar surface area (TPSA) is 29.3 Å². The third-order valence-electron chi connectivity index (χ3n) is 3.10. The molecule has 18 heavy (non-hydrogen) atoms. The van der Waals surface area contributed by atoms with Crippen LogP contribution < -0.4 is 5.73 Å². The van der Waals surface area contributed by atoms with Crippen LogP contribution in [0, 0.1) is 6.92 Å². The molecule has 0 amide bonds. The van der Waals surface area contributed by atoms with Gasteiger partial charge in [-0.15, -0.1) is 22.7 Å². The van der Waals surface area contributed by atoms with Gasteiger partial charge in [0.2, 0.25) is 0 Å². The molecule has 1 unspecified atom stereocenters. The second kappa shape index (κ2) is 6.48. The Balaban J connectivity index is 2.13. The lowest BCUT2D eigenvalue weighted by atomic mass is 10.2. The number of hydrogen-bond donors (Lipinski definition) is 1. The maximum atomic E-state index is 5.99. The summed E-state index contributed by atoms with van der Waals surface area (Å²) in [5.41, 5.74) is 5.99. The number of thiophene rings is 2. The molecule has 98 valence electrons. The van der Waals surface area contributed by atoms with E-state index >= 15 is 0 Å². The zero-order chi connectivity index (χ0) is 13.0. The minimum Gasteiger partial charge on any atom is -0.329 e. The number of rotatable bonds is 6. The van der Waals surface area contributed by atoms with Crippen molar-refractivity contribution < 1.29 is 0 Å².